The van der Waals surface area contributed by atoms with Crippen LogP contribution in [0.4, 0.5) is 5.82 Å². The van der Waals surface area contributed by atoms with Crippen LogP contribution in [0.5, 0.6) is 0 Å². The second-order valence-electron chi connectivity index (χ2n) is 5.97. The van der Waals surface area contributed by atoms with Gasteiger partial charge in [-0.05, 0) is 22.4 Å². The summed E-state index contributed by atoms with van der Waals surface area (Å²) in [5, 5.41) is 34.5. The topological polar surface area (TPSA) is 140 Å². The van der Waals surface area contributed by atoms with E-state index in [-0.39, 0.29) is 12.2 Å². The van der Waals surface area contributed by atoms with Crippen LogP contribution in [0.3, 0.4) is 0 Å². The Kier molecular flexibility index (Phi) is 3.93. The van der Waals surface area contributed by atoms with Gasteiger partial charge < -0.3 is 25.8 Å². The van der Waals surface area contributed by atoms with Gasteiger partial charge in [0, 0.05) is 6.42 Å². The smallest absolute Gasteiger partial charge is 0.180 e. The molecule has 25 heavy (non-hydrogen) atoms. The van der Waals surface area contributed by atoms with E-state index < -0.39 is 30.6 Å². The van der Waals surface area contributed by atoms with E-state index in [9.17, 15) is 15.3 Å². The quantitative estimate of drug-likeness (QED) is 0.485. The zero-order chi connectivity index (χ0) is 17.6. The predicted octanol–water partition coefficient (Wildman–Crippen LogP) is -0.522. The van der Waals surface area contributed by atoms with E-state index in [1.165, 1.54) is 24.0 Å². The van der Waals surface area contributed by atoms with Crippen LogP contribution in [0.2, 0.25) is 0 Å². The van der Waals surface area contributed by atoms with Crippen molar-refractivity contribution in [3.63, 3.8) is 0 Å². The Bertz CT molecular complexity index is 885. The van der Waals surface area contributed by atoms with Crippen molar-refractivity contribution in [1.29, 1.82) is 0 Å². The number of anilines is 1. The van der Waals surface area contributed by atoms with Gasteiger partial charge in [-0.1, -0.05) is 0 Å². The van der Waals surface area contributed by atoms with Gasteiger partial charge in [-0.3, -0.25) is 4.57 Å². The first-order chi connectivity index (χ1) is 12.1. The lowest BCUT2D eigenvalue weighted by Gasteiger charge is -2.33. The lowest BCUT2D eigenvalue weighted by atomic mass is 9.96. The highest BCUT2D eigenvalue weighted by atomic mass is 32.1. The maximum absolute atomic E-state index is 10.8. The number of nitrogens with two attached hydrogens (primary N) is 1. The van der Waals surface area contributed by atoms with Gasteiger partial charge in [-0.15, -0.1) is 0 Å². The minimum Gasteiger partial charge on any atom is -0.394 e. The molecular weight excluding hydrogens is 346 g/mol. The summed E-state index contributed by atoms with van der Waals surface area (Å²) in [6, 6.07) is 1.91. The van der Waals surface area contributed by atoms with Crippen molar-refractivity contribution in [3.05, 3.63) is 35.0 Å². The molecule has 0 radical (unpaired) electrons. The Morgan fingerprint density at radius 2 is 2.16 bits per heavy atom. The van der Waals surface area contributed by atoms with Crippen LogP contribution in [0.25, 0.3) is 11.2 Å². The highest BCUT2D eigenvalue weighted by Crippen LogP contribution is 2.40. The fraction of sp³-hybridized carbons (Fsp3) is 0.400. The lowest BCUT2D eigenvalue weighted by molar-refractivity contribution is -0.145. The Labute approximate surface area is 146 Å². The van der Waals surface area contributed by atoms with Gasteiger partial charge in [0.25, 0.3) is 0 Å². The van der Waals surface area contributed by atoms with E-state index in [0.717, 1.165) is 5.56 Å². The molecule has 0 amide bonds. The van der Waals surface area contributed by atoms with Crippen LogP contribution in [-0.2, 0) is 16.9 Å². The van der Waals surface area contributed by atoms with Crippen LogP contribution in [0.15, 0.2) is 29.5 Å². The molecule has 10 heteroatoms. The molecule has 0 spiro atoms. The summed E-state index contributed by atoms with van der Waals surface area (Å²) < 4.78 is 7.52. The van der Waals surface area contributed by atoms with Crippen LogP contribution in [-0.4, -0.2) is 59.8 Å². The van der Waals surface area contributed by atoms with E-state index in [1.807, 2.05) is 16.8 Å². The number of hydrogen-bond acceptors (Lipinski definition) is 9. The largest absolute Gasteiger partial charge is 0.394 e. The highest BCUT2D eigenvalue weighted by molar-refractivity contribution is 7.07. The fourth-order valence-electron chi connectivity index (χ4n) is 3.26. The summed E-state index contributed by atoms with van der Waals surface area (Å²) in [7, 11) is 0. The number of thiophene rings is 1. The molecule has 3 aromatic rings. The highest BCUT2D eigenvalue weighted by Gasteiger charge is 2.56. The van der Waals surface area contributed by atoms with E-state index in [1.54, 1.807) is 4.57 Å². The molecule has 1 fully saturated rings. The van der Waals surface area contributed by atoms with Crippen molar-refractivity contribution in [2.24, 2.45) is 0 Å². The molecule has 0 aromatic carbocycles. The number of nitrogens with zero attached hydrogens (tertiary/aromatic N) is 4. The number of rotatable bonds is 4. The maximum atomic E-state index is 10.8. The molecule has 4 heterocycles. The minimum atomic E-state index is -1.37. The fourth-order valence-corrected chi connectivity index (χ4v) is 3.93. The first kappa shape index (κ1) is 16.4. The Morgan fingerprint density at radius 1 is 1.32 bits per heavy atom. The molecule has 0 aliphatic carbocycles. The molecule has 4 atom stereocenters. The summed E-state index contributed by atoms with van der Waals surface area (Å²) in [6.07, 6.45) is -0.447. The standard InChI is InChI=1S/C15H17N5O4S/c16-13-10-14(18-6-17-13)20(7-19-10)15(3-8-1-2-25-5-8)12(23)11(22)9(4-21)24-15/h1-2,5-7,9,11-12,21-23H,3-4H2,(H2,16,17,18)/t9-,11-,12-,15-/m1/s1. The third-order valence-corrected chi connectivity index (χ3v) is 5.24. The number of aliphatic hydroxyl groups excluding tert-OH is 3. The van der Waals surface area contributed by atoms with Gasteiger partial charge in [0.05, 0.1) is 12.9 Å². The van der Waals surface area contributed by atoms with Crippen molar-refractivity contribution in [2.75, 3.05) is 12.3 Å². The number of imidazole rings is 1. The number of ether oxygens (including phenoxy) is 1. The molecular formula is C15H17N5O4S. The number of hydrogen-bond donors (Lipinski definition) is 4. The second kappa shape index (κ2) is 6.00. The summed E-state index contributed by atoms with van der Waals surface area (Å²) in [5.41, 5.74) is 6.15. The molecule has 132 valence electrons. The van der Waals surface area contributed by atoms with Gasteiger partial charge in [0.2, 0.25) is 0 Å². The average Bonchev–Trinajstić information content (AvgIpc) is 3.31. The Morgan fingerprint density at radius 3 is 2.84 bits per heavy atom. The van der Waals surface area contributed by atoms with Gasteiger partial charge in [-0.25, -0.2) is 15.0 Å². The minimum absolute atomic E-state index is 0.209. The summed E-state index contributed by atoms with van der Waals surface area (Å²) in [4.78, 5) is 12.3. The Balaban J connectivity index is 1.90. The summed E-state index contributed by atoms with van der Waals surface area (Å²) in [5.74, 6) is 0.209. The maximum Gasteiger partial charge on any atom is 0.180 e. The molecule has 0 saturated carbocycles. The normalized spacial score (nSPS) is 29.5. The van der Waals surface area contributed by atoms with E-state index in [4.69, 9.17) is 10.5 Å². The monoisotopic (exact) mass is 363 g/mol. The lowest BCUT2D eigenvalue weighted by Crippen LogP contribution is -2.47. The van der Waals surface area contributed by atoms with E-state index in [2.05, 4.69) is 15.0 Å². The SMILES string of the molecule is Nc1ncnc2c1ncn2[C@]1(Cc2ccsc2)O[C@H](CO)[C@@H](O)[C@H]1O. The molecule has 3 aromatic heterocycles. The molecule has 0 unspecified atom stereocenters. The van der Waals surface area contributed by atoms with Crippen molar-refractivity contribution < 1.29 is 20.1 Å². The predicted molar refractivity (Wildman–Crippen MR) is 89.7 cm³/mol. The second-order valence-corrected chi connectivity index (χ2v) is 6.75. The van der Waals surface area contributed by atoms with Crippen LogP contribution in [0.1, 0.15) is 5.56 Å². The third kappa shape index (κ3) is 2.41. The van der Waals surface area contributed by atoms with Crippen molar-refractivity contribution in [2.45, 2.75) is 30.5 Å². The summed E-state index contributed by atoms with van der Waals surface area (Å²) >= 11 is 1.51. The van der Waals surface area contributed by atoms with E-state index in [0.29, 0.717) is 11.2 Å². The van der Waals surface area contributed by atoms with Crippen LogP contribution < -0.4 is 5.73 Å². The van der Waals surface area contributed by atoms with Crippen molar-refractivity contribution >= 4 is 28.3 Å². The first-order valence-corrected chi connectivity index (χ1v) is 8.61. The zero-order valence-corrected chi connectivity index (χ0v) is 13.9. The number of nitrogen functional groups attached to an aromatic ring is 1. The van der Waals surface area contributed by atoms with Gasteiger partial charge >= 0.3 is 0 Å². The third-order valence-electron chi connectivity index (χ3n) is 4.51. The van der Waals surface area contributed by atoms with Crippen molar-refractivity contribution in [3.8, 4) is 0 Å². The molecule has 9 nitrogen and oxygen atoms in total. The number of aliphatic hydroxyl groups is 3. The van der Waals surface area contributed by atoms with Gasteiger partial charge in [0.1, 0.15) is 30.2 Å². The number of fused-ring (bicyclic) bond motifs is 1. The van der Waals surface area contributed by atoms with Crippen molar-refractivity contribution in [1.82, 2.24) is 19.5 Å². The first-order valence-electron chi connectivity index (χ1n) is 7.66. The average molecular weight is 363 g/mol. The molecule has 1 aliphatic rings. The molecule has 1 aliphatic heterocycles. The van der Waals surface area contributed by atoms with E-state index >= 15 is 0 Å². The molecule has 1 saturated heterocycles. The summed E-state index contributed by atoms with van der Waals surface area (Å²) in [6.45, 7) is -0.423. The van der Waals surface area contributed by atoms with Crippen LogP contribution >= 0.6 is 11.3 Å². The van der Waals surface area contributed by atoms with Gasteiger partial charge in [-0.2, -0.15) is 11.3 Å². The Hall–Kier alpha value is -2.11. The number of aromatic nitrogens is 4. The van der Waals surface area contributed by atoms with Gasteiger partial charge in [0.15, 0.2) is 17.2 Å². The van der Waals surface area contributed by atoms with Crippen LogP contribution in [0, 0.1) is 0 Å². The molecule has 4 rings (SSSR count). The molecule has 0 bridgehead atoms. The molecule has 5 N–H and O–H groups in total. The zero-order valence-electron chi connectivity index (χ0n) is 13.1.